The van der Waals surface area contributed by atoms with Gasteiger partial charge in [0, 0.05) is 17.0 Å². The Morgan fingerprint density at radius 3 is 2.94 bits per heavy atom. The minimum absolute atomic E-state index is 0.538. The molecule has 0 amide bonds. The SMILES string of the molecule is CSC1CCCC1Nc1ccc(N)cc1Cl. The molecule has 0 bridgehead atoms. The zero-order valence-corrected chi connectivity index (χ0v) is 10.9. The van der Waals surface area contributed by atoms with E-state index < -0.39 is 0 Å². The van der Waals surface area contributed by atoms with Crippen molar-refractivity contribution in [1.82, 2.24) is 0 Å². The van der Waals surface area contributed by atoms with Crippen molar-refractivity contribution in [3.05, 3.63) is 23.2 Å². The van der Waals surface area contributed by atoms with Gasteiger partial charge in [-0.25, -0.2) is 0 Å². The van der Waals surface area contributed by atoms with Crippen LogP contribution >= 0.6 is 23.4 Å². The zero-order valence-electron chi connectivity index (χ0n) is 9.37. The van der Waals surface area contributed by atoms with Gasteiger partial charge in [-0.3, -0.25) is 0 Å². The molecular formula is C12H17ClN2S. The Kier molecular flexibility index (Phi) is 3.87. The molecule has 16 heavy (non-hydrogen) atoms. The number of hydrogen-bond acceptors (Lipinski definition) is 3. The largest absolute Gasteiger partial charge is 0.399 e. The van der Waals surface area contributed by atoms with Crippen LogP contribution in [0.25, 0.3) is 0 Å². The molecule has 1 saturated carbocycles. The predicted octanol–water partition coefficient (Wildman–Crippen LogP) is 3.62. The fourth-order valence-corrected chi connectivity index (χ4v) is 3.40. The molecule has 0 saturated heterocycles. The quantitative estimate of drug-likeness (QED) is 0.812. The van der Waals surface area contributed by atoms with Crippen LogP contribution in [0.5, 0.6) is 0 Å². The van der Waals surface area contributed by atoms with Crippen LogP contribution in [0.15, 0.2) is 18.2 Å². The molecule has 0 aromatic heterocycles. The summed E-state index contributed by atoms with van der Waals surface area (Å²) in [5.74, 6) is 0. The number of nitrogens with one attached hydrogen (secondary N) is 1. The van der Waals surface area contributed by atoms with E-state index in [0.717, 1.165) is 5.69 Å². The van der Waals surface area contributed by atoms with Crippen LogP contribution in [0, 0.1) is 0 Å². The van der Waals surface area contributed by atoms with E-state index in [2.05, 4.69) is 11.6 Å². The van der Waals surface area contributed by atoms with Gasteiger partial charge in [-0.15, -0.1) is 0 Å². The van der Waals surface area contributed by atoms with Crippen molar-refractivity contribution in [1.29, 1.82) is 0 Å². The molecule has 2 atom stereocenters. The average molecular weight is 257 g/mol. The molecule has 1 aromatic carbocycles. The Morgan fingerprint density at radius 1 is 1.44 bits per heavy atom. The van der Waals surface area contributed by atoms with E-state index in [-0.39, 0.29) is 0 Å². The van der Waals surface area contributed by atoms with E-state index >= 15 is 0 Å². The first-order chi connectivity index (χ1) is 7.70. The zero-order chi connectivity index (χ0) is 11.5. The fourth-order valence-electron chi connectivity index (χ4n) is 2.22. The second-order valence-electron chi connectivity index (χ2n) is 4.20. The van der Waals surface area contributed by atoms with E-state index in [4.69, 9.17) is 17.3 Å². The lowest BCUT2D eigenvalue weighted by Crippen LogP contribution is -2.25. The average Bonchev–Trinajstić information content (AvgIpc) is 2.69. The van der Waals surface area contributed by atoms with E-state index in [1.807, 2.05) is 23.9 Å². The lowest BCUT2D eigenvalue weighted by atomic mass is 10.2. The number of rotatable bonds is 3. The van der Waals surface area contributed by atoms with Crippen LogP contribution in [0.2, 0.25) is 5.02 Å². The summed E-state index contributed by atoms with van der Waals surface area (Å²) >= 11 is 8.09. The van der Waals surface area contributed by atoms with E-state index in [1.54, 1.807) is 6.07 Å². The number of thioether (sulfide) groups is 1. The topological polar surface area (TPSA) is 38.0 Å². The molecule has 4 heteroatoms. The highest BCUT2D eigenvalue weighted by molar-refractivity contribution is 7.99. The van der Waals surface area contributed by atoms with Crippen molar-refractivity contribution < 1.29 is 0 Å². The Hall–Kier alpha value is -0.540. The standard InChI is InChI=1S/C12H17ClN2S/c1-16-12-4-2-3-11(12)15-10-6-5-8(14)7-9(10)13/h5-7,11-12,15H,2-4,14H2,1H3. The third-order valence-corrected chi connectivity index (χ3v) is 4.57. The number of nitrogens with two attached hydrogens (primary N) is 1. The Labute approximate surface area is 106 Å². The molecule has 2 unspecified atom stereocenters. The van der Waals surface area contributed by atoms with Crippen molar-refractivity contribution in [3.8, 4) is 0 Å². The molecular weight excluding hydrogens is 240 g/mol. The molecule has 1 aliphatic rings. The highest BCUT2D eigenvalue weighted by Crippen LogP contribution is 2.33. The molecule has 0 aliphatic heterocycles. The van der Waals surface area contributed by atoms with Crippen molar-refractivity contribution in [2.45, 2.75) is 30.6 Å². The maximum absolute atomic E-state index is 6.15. The molecule has 1 fully saturated rings. The summed E-state index contributed by atoms with van der Waals surface area (Å²) in [6.45, 7) is 0. The fraction of sp³-hybridized carbons (Fsp3) is 0.500. The number of benzene rings is 1. The summed E-state index contributed by atoms with van der Waals surface area (Å²) in [4.78, 5) is 0. The van der Waals surface area contributed by atoms with E-state index in [9.17, 15) is 0 Å². The van der Waals surface area contributed by atoms with Gasteiger partial charge < -0.3 is 11.1 Å². The molecule has 0 heterocycles. The summed E-state index contributed by atoms with van der Waals surface area (Å²) in [6, 6.07) is 6.19. The second-order valence-corrected chi connectivity index (χ2v) is 5.68. The van der Waals surface area contributed by atoms with E-state index in [1.165, 1.54) is 19.3 Å². The van der Waals surface area contributed by atoms with Crippen LogP contribution in [-0.2, 0) is 0 Å². The Morgan fingerprint density at radius 2 is 2.25 bits per heavy atom. The molecule has 1 aliphatic carbocycles. The summed E-state index contributed by atoms with van der Waals surface area (Å²) in [6.07, 6.45) is 6.00. The lowest BCUT2D eigenvalue weighted by molar-refractivity contribution is 0.769. The number of anilines is 2. The number of hydrogen-bond donors (Lipinski definition) is 2. The van der Waals surface area contributed by atoms with Gasteiger partial charge in [-0.2, -0.15) is 11.8 Å². The maximum atomic E-state index is 6.15. The van der Waals surface area contributed by atoms with Crippen LogP contribution in [-0.4, -0.2) is 17.5 Å². The third kappa shape index (κ3) is 2.58. The first kappa shape index (κ1) is 11.9. The highest BCUT2D eigenvalue weighted by Gasteiger charge is 2.26. The summed E-state index contributed by atoms with van der Waals surface area (Å²) in [5, 5.41) is 4.95. The van der Waals surface area contributed by atoms with Crippen molar-refractivity contribution in [2.24, 2.45) is 0 Å². The van der Waals surface area contributed by atoms with Crippen molar-refractivity contribution in [3.63, 3.8) is 0 Å². The van der Waals surface area contributed by atoms with Gasteiger partial charge in [-0.05, 0) is 37.3 Å². The van der Waals surface area contributed by atoms with Gasteiger partial charge in [0.15, 0.2) is 0 Å². The normalized spacial score (nSPS) is 24.6. The first-order valence-electron chi connectivity index (χ1n) is 5.55. The van der Waals surface area contributed by atoms with E-state index in [0.29, 0.717) is 22.0 Å². The first-order valence-corrected chi connectivity index (χ1v) is 7.21. The minimum atomic E-state index is 0.538. The van der Waals surface area contributed by atoms with Gasteiger partial charge in [0.1, 0.15) is 0 Å². The molecule has 88 valence electrons. The van der Waals surface area contributed by atoms with Crippen molar-refractivity contribution in [2.75, 3.05) is 17.3 Å². The van der Waals surface area contributed by atoms with Crippen LogP contribution in [0.4, 0.5) is 11.4 Å². The van der Waals surface area contributed by atoms with Crippen LogP contribution < -0.4 is 11.1 Å². The summed E-state index contributed by atoms with van der Waals surface area (Å²) in [7, 11) is 0. The Balaban J connectivity index is 2.08. The smallest absolute Gasteiger partial charge is 0.0658 e. The molecule has 2 nitrogen and oxygen atoms in total. The molecule has 0 radical (unpaired) electrons. The number of nitrogen functional groups attached to an aromatic ring is 1. The monoisotopic (exact) mass is 256 g/mol. The van der Waals surface area contributed by atoms with Gasteiger partial charge in [0.25, 0.3) is 0 Å². The van der Waals surface area contributed by atoms with Crippen molar-refractivity contribution >= 4 is 34.7 Å². The highest BCUT2D eigenvalue weighted by atomic mass is 35.5. The van der Waals surface area contributed by atoms with Gasteiger partial charge in [0.2, 0.25) is 0 Å². The molecule has 0 spiro atoms. The summed E-state index contributed by atoms with van der Waals surface area (Å²) < 4.78 is 0. The Bertz CT molecular complexity index is 370. The molecule has 2 rings (SSSR count). The predicted molar refractivity (Wildman–Crippen MR) is 74.4 cm³/mol. The lowest BCUT2D eigenvalue weighted by Gasteiger charge is -2.21. The third-order valence-electron chi connectivity index (χ3n) is 3.09. The second kappa shape index (κ2) is 5.19. The molecule has 1 aromatic rings. The molecule has 3 N–H and O–H groups in total. The van der Waals surface area contributed by atoms with Gasteiger partial charge >= 0.3 is 0 Å². The number of halogens is 1. The van der Waals surface area contributed by atoms with Gasteiger partial charge in [0.05, 0.1) is 10.7 Å². The van der Waals surface area contributed by atoms with Crippen LogP contribution in [0.3, 0.4) is 0 Å². The van der Waals surface area contributed by atoms with Crippen LogP contribution in [0.1, 0.15) is 19.3 Å². The summed E-state index contributed by atoms with van der Waals surface area (Å²) in [5.41, 5.74) is 7.39. The maximum Gasteiger partial charge on any atom is 0.0658 e. The van der Waals surface area contributed by atoms with Gasteiger partial charge in [-0.1, -0.05) is 18.0 Å². The minimum Gasteiger partial charge on any atom is -0.399 e.